The largest absolute Gasteiger partial charge is 0.351 e. The van der Waals surface area contributed by atoms with Gasteiger partial charge in [-0.2, -0.15) is 0 Å². The van der Waals surface area contributed by atoms with Crippen molar-refractivity contribution >= 4 is 21.4 Å². The number of H-pyrrole nitrogens is 1. The van der Waals surface area contributed by atoms with E-state index in [1.54, 1.807) is 18.2 Å². The van der Waals surface area contributed by atoms with Gasteiger partial charge in [0, 0.05) is 23.9 Å². The summed E-state index contributed by atoms with van der Waals surface area (Å²) in [7, 11) is -4.46. The topological polar surface area (TPSA) is 145 Å². The number of fused-ring (bicyclic) bond motifs is 1. The Balaban J connectivity index is 1.91. The maximum atomic E-state index is 13.6. The Morgan fingerprint density at radius 3 is 2.52 bits per heavy atom. The van der Waals surface area contributed by atoms with Gasteiger partial charge in [0.15, 0.2) is 11.1 Å². The molecule has 0 radical (unpaired) electrons. The number of para-hydroxylation sites is 2. The average molecular weight is 444 g/mol. The van der Waals surface area contributed by atoms with Crippen molar-refractivity contribution in [2.24, 2.45) is 0 Å². The van der Waals surface area contributed by atoms with Crippen molar-refractivity contribution in [3.05, 3.63) is 97.3 Å². The SMILES string of the molecule is O=c1cc[nH]c(=O)n1[C@@H]1CN(S(=O)(=O)c2ccccc2[N+](=O)[O-])c2ccccc2CO1. The fourth-order valence-electron chi connectivity index (χ4n) is 3.39. The van der Waals surface area contributed by atoms with Gasteiger partial charge in [-0.05, 0) is 12.1 Å². The third-order valence-corrected chi connectivity index (χ3v) is 6.65. The van der Waals surface area contributed by atoms with Gasteiger partial charge in [-0.1, -0.05) is 30.3 Å². The molecule has 1 aliphatic heterocycles. The molecule has 3 aromatic rings. The van der Waals surface area contributed by atoms with Crippen LogP contribution in [0.5, 0.6) is 0 Å². The number of anilines is 1. The molecule has 11 nitrogen and oxygen atoms in total. The Hall–Kier alpha value is -3.77. The minimum Gasteiger partial charge on any atom is -0.351 e. The summed E-state index contributed by atoms with van der Waals surface area (Å²) < 4.78 is 34.6. The van der Waals surface area contributed by atoms with E-state index in [0.717, 1.165) is 27.1 Å². The maximum absolute atomic E-state index is 13.6. The summed E-state index contributed by atoms with van der Waals surface area (Å²) in [5, 5.41) is 11.4. The molecule has 0 fully saturated rings. The fraction of sp³-hybridized carbons (Fsp3) is 0.158. The molecule has 0 unspecified atom stereocenters. The predicted octanol–water partition coefficient (Wildman–Crippen LogP) is 1.37. The van der Waals surface area contributed by atoms with Crippen LogP contribution in [0.2, 0.25) is 0 Å². The van der Waals surface area contributed by atoms with Crippen LogP contribution >= 0.6 is 0 Å². The normalized spacial score (nSPS) is 16.4. The lowest BCUT2D eigenvalue weighted by Crippen LogP contribution is -2.44. The predicted molar refractivity (Wildman–Crippen MR) is 109 cm³/mol. The second kappa shape index (κ2) is 7.81. The Morgan fingerprint density at radius 1 is 1.06 bits per heavy atom. The molecule has 0 bridgehead atoms. The van der Waals surface area contributed by atoms with Crippen LogP contribution in [0, 0.1) is 10.1 Å². The number of sulfonamides is 1. The highest BCUT2D eigenvalue weighted by Gasteiger charge is 2.37. The van der Waals surface area contributed by atoms with Crippen LogP contribution in [0.4, 0.5) is 11.4 Å². The van der Waals surface area contributed by atoms with Crippen LogP contribution in [0.3, 0.4) is 0 Å². The average Bonchev–Trinajstić information content (AvgIpc) is 2.94. The lowest BCUT2D eigenvalue weighted by atomic mass is 10.2. The Bertz CT molecular complexity index is 1350. The van der Waals surface area contributed by atoms with E-state index in [9.17, 15) is 28.1 Å². The monoisotopic (exact) mass is 444 g/mol. The molecule has 0 spiro atoms. The molecule has 1 aromatic heterocycles. The first-order valence-electron chi connectivity index (χ1n) is 9.06. The van der Waals surface area contributed by atoms with Crippen molar-refractivity contribution in [3.8, 4) is 0 Å². The van der Waals surface area contributed by atoms with E-state index in [-0.39, 0.29) is 12.3 Å². The molecule has 2 heterocycles. The highest BCUT2D eigenvalue weighted by Crippen LogP contribution is 2.35. The second-order valence-electron chi connectivity index (χ2n) is 6.65. The molecule has 12 heteroatoms. The number of rotatable bonds is 4. The summed E-state index contributed by atoms with van der Waals surface area (Å²) in [4.78, 5) is 37.1. The Kier molecular flexibility index (Phi) is 5.17. The molecule has 160 valence electrons. The first-order valence-corrected chi connectivity index (χ1v) is 10.5. The molecule has 2 aromatic carbocycles. The Morgan fingerprint density at radius 2 is 1.77 bits per heavy atom. The molecule has 1 atom stereocenters. The molecule has 1 N–H and O–H groups in total. The van der Waals surface area contributed by atoms with Crippen molar-refractivity contribution in [2.75, 3.05) is 10.8 Å². The van der Waals surface area contributed by atoms with E-state index in [1.807, 2.05) is 0 Å². The minimum absolute atomic E-state index is 0.0789. The molecule has 31 heavy (non-hydrogen) atoms. The molecular weight excluding hydrogens is 428 g/mol. The molecule has 0 aliphatic carbocycles. The van der Waals surface area contributed by atoms with Crippen LogP contribution in [0.25, 0.3) is 0 Å². The number of hydrogen-bond acceptors (Lipinski definition) is 7. The zero-order valence-corrected chi connectivity index (χ0v) is 16.7. The van der Waals surface area contributed by atoms with Gasteiger partial charge in [-0.15, -0.1) is 0 Å². The highest BCUT2D eigenvalue weighted by molar-refractivity contribution is 7.93. The smallest absolute Gasteiger partial charge is 0.330 e. The van der Waals surface area contributed by atoms with E-state index in [4.69, 9.17) is 4.74 Å². The van der Waals surface area contributed by atoms with Gasteiger partial charge in [-0.3, -0.25) is 19.2 Å². The van der Waals surface area contributed by atoms with Crippen molar-refractivity contribution in [1.29, 1.82) is 0 Å². The summed E-state index contributed by atoms with van der Waals surface area (Å²) >= 11 is 0. The third-order valence-electron chi connectivity index (χ3n) is 4.82. The second-order valence-corrected chi connectivity index (χ2v) is 8.48. The summed E-state index contributed by atoms with van der Waals surface area (Å²) in [6, 6.07) is 12.6. The van der Waals surface area contributed by atoms with Crippen LogP contribution < -0.4 is 15.6 Å². The fourth-order valence-corrected chi connectivity index (χ4v) is 5.05. The van der Waals surface area contributed by atoms with Gasteiger partial charge in [0.25, 0.3) is 21.3 Å². The molecule has 0 saturated heterocycles. The van der Waals surface area contributed by atoms with E-state index in [0.29, 0.717) is 5.56 Å². The molecular formula is C19H16N4O7S. The van der Waals surface area contributed by atoms with Gasteiger partial charge in [0.05, 0.1) is 23.8 Å². The zero-order valence-electron chi connectivity index (χ0n) is 15.9. The number of nitro benzene ring substituents is 1. The Labute approximate surface area is 175 Å². The van der Waals surface area contributed by atoms with Gasteiger partial charge in [0.2, 0.25) is 0 Å². The summed E-state index contributed by atoms with van der Waals surface area (Å²) in [5.74, 6) is 0. The van der Waals surface area contributed by atoms with Gasteiger partial charge < -0.3 is 9.72 Å². The molecule has 1 aliphatic rings. The maximum Gasteiger partial charge on any atom is 0.330 e. The van der Waals surface area contributed by atoms with Gasteiger partial charge in [-0.25, -0.2) is 17.8 Å². The number of benzene rings is 2. The summed E-state index contributed by atoms with van der Waals surface area (Å²) in [5.41, 5.74) is -1.32. The number of hydrogen-bond donors (Lipinski definition) is 1. The van der Waals surface area contributed by atoms with Crippen LogP contribution in [-0.4, -0.2) is 29.4 Å². The first-order chi connectivity index (χ1) is 14.8. The van der Waals surface area contributed by atoms with E-state index < -0.39 is 49.6 Å². The quantitative estimate of drug-likeness (QED) is 0.472. The van der Waals surface area contributed by atoms with Crippen molar-refractivity contribution in [1.82, 2.24) is 9.55 Å². The van der Waals surface area contributed by atoms with Crippen molar-refractivity contribution in [2.45, 2.75) is 17.7 Å². The van der Waals surface area contributed by atoms with E-state index >= 15 is 0 Å². The number of aromatic amines is 1. The van der Waals surface area contributed by atoms with Gasteiger partial charge >= 0.3 is 5.69 Å². The lowest BCUT2D eigenvalue weighted by molar-refractivity contribution is -0.387. The summed E-state index contributed by atoms with van der Waals surface area (Å²) in [6.07, 6.45) is -0.0866. The van der Waals surface area contributed by atoms with E-state index in [2.05, 4.69) is 4.98 Å². The van der Waals surface area contributed by atoms with Crippen molar-refractivity contribution < 1.29 is 18.1 Å². The van der Waals surface area contributed by atoms with Gasteiger partial charge in [0.1, 0.15) is 0 Å². The third kappa shape index (κ3) is 3.62. The van der Waals surface area contributed by atoms with Crippen LogP contribution in [0.1, 0.15) is 11.8 Å². The first kappa shape index (κ1) is 20.5. The van der Waals surface area contributed by atoms with Crippen molar-refractivity contribution in [3.63, 3.8) is 0 Å². The number of nitrogens with one attached hydrogen (secondary N) is 1. The highest BCUT2D eigenvalue weighted by atomic mass is 32.2. The van der Waals surface area contributed by atoms with Crippen LogP contribution in [0.15, 0.2) is 75.3 Å². The molecule has 0 saturated carbocycles. The molecule has 0 amide bonds. The number of nitrogens with zero attached hydrogens (tertiary/aromatic N) is 3. The van der Waals surface area contributed by atoms with E-state index in [1.165, 1.54) is 24.4 Å². The zero-order chi connectivity index (χ0) is 22.2. The minimum atomic E-state index is -4.46. The number of ether oxygens (including phenoxy) is 1. The number of nitro groups is 1. The lowest BCUT2D eigenvalue weighted by Gasteiger charge is -2.26. The standard InChI is InChI=1S/C19H16N4O7S/c24-17-9-10-20-19(25)22(17)18-11-21(14-6-2-1-5-13(14)12-30-18)31(28,29)16-8-4-3-7-15(16)23(26)27/h1-10,18H,11-12H2,(H,20,25)/t18-/m0/s1. The number of aromatic nitrogens is 2. The summed E-state index contributed by atoms with van der Waals surface area (Å²) in [6.45, 7) is -0.525. The molecule has 4 rings (SSSR count). The van der Waals surface area contributed by atoms with Crippen LogP contribution in [-0.2, 0) is 21.4 Å².